The maximum atomic E-state index is 12.3. The first-order valence-electron chi connectivity index (χ1n) is 9.03. The Morgan fingerprint density at radius 1 is 1.20 bits per heavy atom. The zero-order valence-corrected chi connectivity index (χ0v) is 16.3. The first kappa shape index (κ1) is 19.0. The van der Waals surface area contributed by atoms with Gasteiger partial charge in [0, 0.05) is 11.8 Å². The van der Waals surface area contributed by atoms with Crippen LogP contribution >= 0.6 is 0 Å². The predicted octanol–water partition coefficient (Wildman–Crippen LogP) is 3.74. The lowest BCUT2D eigenvalue weighted by Crippen LogP contribution is -2.11. The summed E-state index contributed by atoms with van der Waals surface area (Å²) in [6, 6.07) is 16.9. The molecule has 0 bridgehead atoms. The number of ether oxygens (including phenoxy) is 1. The zero-order valence-electron chi connectivity index (χ0n) is 16.3. The topological polar surface area (TPSA) is 120 Å². The normalized spacial score (nSPS) is 10.6. The van der Waals surface area contributed by atoms with Crippen molar-refractivity contribution in [2.75, 3.05) is 12.8 Å². The molecule has 0 saturated carbocycles. The third kappa shape index (κ3) is 3.18. The van der Waals surface area contributed by atoms with Crippen LogP contribution in [0, 0.1) is 18.3 Å². The maximum Gasteiger partial charge on any atom is 0.357 e. The molecule has 0 saturated heterocycles. The van der Waals surface area contributed by atoms with Crippen molar-refractivity contribution in [3.63, 3.8) is 0 Å². The van der Waals surface area contributed by atoms with E-state index in [-0.39, 0.29) is 22.8 Å². The lowest BCUT2D eigenvalue weighted by atomic mass is 10.1. The predicted molar refractivity (Wildman–Crippen MR) is 110 cm³/mol. The Bertz CT molecular complexity index is 1280. The first-order valence-corrected chi connectivity index (χ1v) is 9.03. The number of aryl methyl sites for hydroxylation is 1. The number of aromatic nitrogens is 3. The highest BCUT2D eigenvalue weighted by atomic mass is 16.5. The Balaban J connectivity index is 1.85. The Morgan fingerprint density at radius 3 is 2.63 bits per heavy atom. The number of methoxy groups -OCH3 is 1. The van der Waals surface area contributed by atoms with Crippen LogP contribution in [0.5, 0.6) is 0 Å². The van der Waals surface area contributed by atoms with Gasteiger partial charge in [-0.15, -0.1) is 0 Å². The summed E-state index contributed by atoms with van der Waals surface area (Å²) in [5, 5.41) is 13.4. The number of nitrogens with zero attached hydrogens (tertiary/aromatic N) is 4. The Kier molecular flexibility index (Phi) is 4.78. The molecule has 0 aliphatic rings. The van der Waals surface area contributed by atoms with Crippen LogP contribution in [0.25, 0.3) is 28.5 Å². The van der Waals surface area contributed by atoms with Crippen LogP contribution in [-0.4, -0.2) is 27.8 Å². The van der Waals surface area contributed by atoms with Crippen molar-refractivity contribution in [1.82, 2.24) is 14.7 Å². The molecule has 2 aromatic carbocycles. The van der Waals surface area contributed by atoms with Gasteiger partial charge in [-0.1, -0.05) is 47.1 Å². The average Bonchev–Trinajstić information content (AvgIpc) is 3.38. The molecule has 4 rings (SSSR count). The van der Waals surface area contributed by atoms with Gasteiger partial charge in [-0.2, -0.15) is 10.2 Å². The highest BCUT2D eigenvalue weighted by Crippen LogP contribution is 2.32. The Morgan fingerprint density at radius 2 is 1.93 bits per heavy atom. The van der Waals surface area contributed by atoms with Gasteiger partial charge in [0.2, 0.25) is 5.82 Å². The van der Waals surface area contributed by atoms with E-state index in [4.69, 9.17) is 15.0 Å². The number of rotatable bonds is 4. The van der Waals surface area contributed by atoms with Crippen LogP contribution in [-0.2, 0) is 4.74 Å². The second-order valence-corrected chi connectivity index (χ2v) is 6.58. The number of benzene rings is 2. The van der Waals surface area contributed by atoms with Crippen LogP contribution in [0.15, 0.2) is 59.3 Å². The van der Waals surface area contributed by atoms with Crippen LogP contribution in [0.2, 0.25) is 0 Å². The van der Waals surface area contributed by atoms with E-state index in [2.05, 4.69) is 10.1 Å². The minimum absolute atomic E-state index is 0.0463. The maximum absolute atomic E-state index is 12.3. The van der Waals surface area contributed by atoms with E-state index in [0.29, 0.717) is 17.1 Å². The molecule has 0 amide bonds. The number of esters is 1. The summed E-state index contributed by atoms with van der Waals surface area (Å²) in [5.41, 5.74) is 9.35. The van der Waals surface area contributed by atoms with E-state index in [9.17, 15) is 10.1 Å². The van der Waals surface area contributed by atoms with Gasteiger partial charge < -0.3 is 19.6 Å². The molecule has 0 aliphatic heterocycles. The second-order valence-electron chi connectivity index (χ2n) is 6.58. The molecule has 2 aromatic heterocycles. The van der Waals surface area contributed by atoms with Crippen molar-refractivity contribution in [3.05, 3.63) is 71.5 Å². The fraction of sp³-hybridized carbons (Fsp3) is 0.0909. The van der Waals surface area contributed by atoms with Crippen molar-refractivity contribution in [2.24, 2.45) is 0 Å². The summed E-state index contributed by atoms with van der Waals surface area (Å²) in [7, 11) is 1.25. The van der Waals surface area contributed by atoms with Gasteiger partial charge in [-0.25, -0.2) is 4.79 Å². The minimum Gasteiger partial charge on any atom is -0.464 e. The fourth-order valence-corrected chi connectivity index (χ4v) is 3.12. The summed E-state index contributed by atoms with van der Waals surface area (Å²) in [6.07, 6.45) is 1.48. The van der Waals surface area contributed by atoms with Gasteiger partial charge in [0.25, 0.3) is 5.89 Å². The van der Waals surface area contributed by atoms with Gasteiger partial charge in [-0.05, 0) is 19.1 Å². The van der Waals surface area contributed by atoms with E-state index < -0.39 is 5.97 Å². The summed E-state index contributed by atoms with van der Waals surface area (Å²) in [5.74, 6) is 0.0511. The molecule has 8 nitrogen and oxygen atoms in total. The number of carbonyl (C=O) groups is 1. The second kappa shape index (κ2) is 7.56. The van der Waals surface area contributed by atoms with Gasteiger partial charge in [0.15, 0.2) is 5.69 Å². The van der Waals surface area contributed by atoms with E-state index in [1.54, 1.807) is 18.2 Å². The molecule has 30 heavy (non-hydrogen) atoms. The number of carbonyl (C=O) groups excluding carboxylic acids is 1. The Hall–Kier alpha value is -4.38. The molecule has 0 spiro atoms. The van der Waals surface area contributed by atoms with E-state index in [0.717, 1.165) is 11.1 Å². The third-order valence-corrected chi connectivity index (χ3v) is 4.67. The highest BCUT2D eigenvalue weighted by molar-refractivity contribution is 5.96. The monoisotopic (exact) mass is 399 g/mol. The van der Waals surface area contributed by atoms with Crippen LogP contribution < -0.4 is 5.73 Å². The van der Waals surface area contributed by atoms with Gasteiger partial charge in [-0.3, -0.25) is 0 Å². The smallest absolute Gasteiger partial charge is 0.357 e. The molecule has 4 aromatic rings. The summed E-state index contributed by atoms with van der Waals surface area (Å²) < 4.78 is 11.9. The van der Waals surface area contributed by atoms with Crippen molar-refractivity contribution >= 4 is 11.7 Å². The molecule has 2 heterocycles. The standard InChI is InChI=1S/C22H17N5O3/c1-13-7-9-14(10-8-13)20-25-21(30-26-20)16-5-3-4-6-17(16)27-12-15(11-23)18(24)19(27)22(28)29-2/h3-10,12H,24H2,1-2H3. The summed E-state index contributed by atoms with van der Waals surface area (Å²) >= 11 is 0. The zero-order chi connectivity index (χ0) is 21.3. The molecular formula is C22H17N5O3. The van der Waals surface area contributed by atoms with Crippen LogP contribution in [0.1, 0.15) is 21.6 Å². The largest absolute Gasteiger partial charge is 0.464 e. The van der Waals surface area contributed by atoms with Crippen LogP contribution in [0.4, 0.5) is 5.69 Å². The number of nitrogen functional groups attached to an aromatic ring is 1. The number of hydrogen-bond donors (Lipinski definition) is 1. The summed E-state index contributed by atoms with van der Waals surface area (Å²) in [6.45, 7) is 2.00. The van der Waals surface area contributed by atoms with E-state index >= 15 is 0 Å². The van der Waals surface area contributed by atoms with Crippen molar-refractivity contribution in [2.45, 2.75) is 6.92 Å². The molecule has 2 N–H and O–H groups in total. The van der Waals surface area contributed by atoms with E-state index in [1.807, 2.05) is 43.3 Å². The molecule has 148 valence electrons. The highest BCUT2D eigenvalue weighted by Gasteiger charge is 2.24. The van der Waals surface area contributed by atoms with Crippen molar-refractivity contribution in [1.29, 1.82) is 5.26 Å². The van der Waals surface area contributed by atoms with Gasteiger partial charge in [0.05, 0.1) is 29.6 Å². The molecule has 0 unspecified atom stereocenters. The minimum atomic E-state index is -0.658. The van der Waals surface area contributed by atoms with Crippen molar-refractivity contribution in [3.8, 4) is 34.6 Å². The number of nitrogens with two attached hydrogens (primary N) is 1. The molecule has 0 atom stereocenters. The quantitative estimate of drug-likeness (QED) is 0.519. The lowest BCUT2D eigenvalue weighted by molar-refractivity contribution is 0.0593. The number of para-hydroxylation sites is 1. The lowest BCUT2D eigenvalue weighted by Gasteiger charge is -2.11. The average molecular weight is 399 g/mol. The molecule has 0 fully saturated rings. The van der Waals surface area contributed by atoms with E-state index in [1.165, 1.54) is 17.9 Å². The molecule has 8 heteroatoms. The third-order valence-electron chi connectivity index (χ3n) is 4.67. The molecule has 0 aliphatic carbocycles. The summed E-state index contributed by atoms with van der Waals surface area (Å²) in [4.78, 5) is 16.8. The van der Waals surface area contributed by atoms with Gasteiger partial charge in [0.1, 0.15) is 6.07 Å². The Labute approximate surface area is 172 Å². The molecular weight excluding hydrogens is 382 g/mol. The SMILES string of the molecule is COC(=O)c1c(N)c(C#N)cn1-c1ccccc1-c1nc(-c2ccc(C)cc2)no1. The number of anilines is 1. The number of nitriles is 1. The van der Waals surface area contributed by atoms with Crippen LogP contribution in [0.3, 0.4) is 0 Å². The van der Waals surface area contributed by atoms with Gasteiger partial charge >= 0.3 is 5.97 Å². The van der Waals surface area contributed by atoms with Crippen molar-refractivity contribution < 1.29 is 14.1 Å². The first-order chi connectivity index (χ1) is 14.5. The fourth-order valence-electron chi connectivity index (χ4n) is 3.12. The number of hydrogen-bond acceptors (Lipinski definition) is 7. The molecule has 0 radical (unpaired) electrons.